The van der Waals surface area contributed by atoms with Crippen LogP contribution in [-0.4, -0.2) is 27.0 Å². The normalized spacial score (nSPS) is 11.2. The number of amides is 1. The number of carbonyl (C=O) groups excluding carboxylic acids is 1. The lowest BCUT2D eigenvalue weighted by Crippen LogP contribution is -2.25. The van der Waals surface area contributed by atoms with Crippen molar-refractivity contribution in [2.24, 2.45) is 5.10 Å². The van der Waals surface area contributed by atoms with Gasteiger partial charge in [0, 0.05) is 22.2 Å². The van der Waals surface area contributed by atoms with Crippen LogP contribution in [0.2, 0.25) is 0 Å². The molecule has 0 radical (unpaired) electrons. The quantitative estimate of drug-likeness (QED) is 0.196. The van der Waals surface area contributed by atoms with Crippen LogP contribution in [0.4, 0.5) is 16.7 Å². The first-order chi connectivity index (χ1) is 15.3. The number of hydrogen-bond acceptors (Lipinski definition) is 9. The second kappa shape index (κ2) is 8.64. The standard InChI is InChI=1S/C19H10BrN5O6S/c20-12-3-7-15-16(9-12)32-19(22-15)23(21-10-14-6-8-17(31-14)25(29)30)18(26)11-1-4-13(5-2-11)24(27)28/h1-10H/b21-10+. The molecule has 1 amide bonds. The smallest absolute Gasteiger partial charge is 0.400 e. The molecule has 0 aliphatic rings. The van der Waals surface area contributed by atoms with Crippen molar-refractivity contribution in [3.8, 4) is 0 Å². The Morgan fingerprint density at radius 1 is 1.09 bits per heavy atom. The van der Waals surface area contributed by atoms with E-state index in [2.05, 4.69) is 26.0 Å². The van der Waals surface area contributed by atoms with Crippen LogP contribution in [0.25, 0.3) is 10.2 Å². The fourth-order valence-electron chi connectivity index (χ4n) is 2.64. The van der Waals surface area contributed by atoms with Crippen LogP contribution in [0.3, 0.4) is 0 Å². The summed E-state index contributed by atoms with van der Waals surface area (Å²) in [5.41, 5.74) is 0.612. The van der Waals surface area contributed by atoms with Gasteiger partial charge in [-0.05, 0) is 36.4 Å². The number of thiazole rings is 1. The third-order valence-corrected chi connectivity index (χ3v) is 5.62. The van der Waals surface area contributed by atoms with Gasteiger partial charge >= 0.3 is 5.88 Å². The molecule has 160 valence electrons. The lowest BCUT2D eigenvalue weighted by atomic mass is 10.2. The molecule has 0 atom stereocenters. The van der Waals surface area contributed by atoms with E-state index in [-0.39, 0.29) is 22.1 Å². The van der Waals surface area contributed by atoms with Crippen LogP contribution < -0.4 is 5.01 Å². The summed E-state index contributed by atoms with van der Waals surface area (Å²) in [6.45, 7) is 0. The molecule has 2 heterocycles. The van der Waals surface area contributed by atoms with Crippen LogP contribution >= 0.6 is 27.3 Å². The molecule has 32 heavy (non-hydrogen) atoms. The number of fused-ring (bicyclic) bond motifs is 1. The van der Waals surface area contributed by atoms with Gasteiger partial charge in [0.1, 0.15) is 4.92 Å². The largest absolute Gasteiger partial charge is 0.433 e. The van der Waals surface area contributed by atoms with E-state index in [1.165, 1.54) is 47.7 Å². The van der Waals surface area contributed by atoms with E-state index in [1.807, 2.05) is 6.07 Å². The number of hydrazone groups is 1. The number of halogens is 1. The molecule has 0 fully saturated rings. The number of hydrogen-bond donors (Lipinski definition) is 0. The molecule has 0 aliphatic heterocycles. The summed E-state index contributed by atoms with van der Waals surface area (Å²) in [5.74, 6) is -1.01. The van der Waals surface area contributed by atoms with Crippen molar-refractivity contribution in [1.82, 2.24) is 4.98 Å². The summed E-state index contributed by atoms with van der Waals surface area (Å²) in [5, 5.41) is 27.1. The fourth-order valence-corrected chi connectivity index (χ4v) is 4.11. The minimum Gasteiger partial charge on any atom is -0.400 e. The molecule has 11 nitrogen and oxygen atoms in total. The number of non-ortho nitro benzene ring substituents is 1. The zero-order valence-electron chi connectivity index (χ0n) is 15.7. The van der Waals surface area contributed by atoms with Gasteiger partial charge in [-0.3, -0.25) is 25.0 Å². The Bertz CT molecular complexity index is 1380. The number of aromatic nitrogens is 1. The molecule has 2 aromatic heterocycles. The first kappa shape index (κ1) is 21.3. The average Bonchev–Trinajstić information content (AvgIpc) is 3.40. The van der Waals surface area contributed by atoms with Crippen molar-refractivity contribution in [3.63, 3.8) is 0 Å². The summed E-state index contributed by atoms with van der Waals surface area (Å²) in [6.07, 6.45) is 1.15. The van der Waals surface area contributed by atoms with Gasteiger partial charge in [0.2, 0.25) is 5.13 Å². The average molecular weight is 516 g/mol. The Morgan fingerprint density at radius 3 is 2.50 bits per heavy atom. The molecule has 4 rings (SSSR count). The van der Waals surface area contributed by atoms with Gasteiger partial charge in [-0.2, -0.15) is 10.1 Å². The van der Waals surface area contributed by atoms with Gasteiger partial charge in [-0.15, -0.1) is 0 Å². The Balaban J connectivity index is 1.73. The number of rotatable bonds is 6. The monoisotopic (exact) mass is 515 g/mol. The zero-order chi connectivity index (χ0) is 22.8. The number of carbonyl (C=O) groups is 1. The number of nitro benzene ring substituents is 1. The molecule has 2 aromatic carbocycles. The molecule has 0 bridgehead atoms. The molecule has 4 aromatic rings. The van der Waals surface area contributed by atoms with Crippen LogP contribution in [0.1, 0.15) is 16.1 Å². The van der Waals surface area contributed by atoms with Gasteiger partial charge in [0.05, 0.1) is 27.4 Å². The van der Waals surface area contributed by atoms with Crippen molar-refractivity contribution in [2.45, 2.75) is 0 Å². The van der Waals surface area contributed by atoms with E-state index in [0.29, 0.717) is 5.52 Å². The summed E-state index contributed by atoms with van der Waals surface area (Å²) in [6, 6.07) is 13.0. The summed E-state index contributed by atoms with van der Waals surface area (Å²) in [7, 11) is 0. The van der Waals surface area contributed by atoms with E-state index in [4.69, 9.17) is 4.42 Å². The number of anilines is 1. The van der Waals surface area contributed by atoms with E-state index in [9.17, 15) is 25.0 Å². The predicted octanol–water partition coefficient (Wildman–Crippen LogP) is 5.15. The van der Waals surface area contributed by atoms with Crippen LogP contribution in [-0.2, 0) is 0 Å². The number of nitrogens with zero attached hydrogens (tertiary/aromatic N) is 5. The SMILES string of the molecule is O=C(c1ccc([N+](=O)[O-])cc1)N(/N=C/c1ccc([N+](=O)[O-])o1)c1nc2ccc(Br)cc2s1. The van der Waals surface area contributed by atoms with E-state index < -0.39 is 21.6 Å². The number of furan rings is 1. The molecule has 0 saturated heterocycles. The lowest BCUT2D eigenvalue weighted by Gasteiger charge is -2.13. The highest BCUT2D eigenvalue weighted by molar-refractivity contribution is 9.10. The number of benzene rings is 2. The van der Waals surface area contributed by atoms with Crippen molar-refractivity contribution in [3.05, 3.63) is 90.6 Å². The van der Waals surface area contributed by atoms with Gasteiger partial charge in [-0.25, -0.2) is 4.98 Å². The van der Waals surface area contributed by atoms with Gasteiger partial charge < -0.3 is 4.42 Å². The van der Waals surface area contributed by atoms with E-state index in [1.54, 1.807) is 12.1 Å². The predicted molar refractivity (Wildman–Crippen MR) is 120 cm³/mol. The summed E-state index contributed by atoms with van der Waals surface area (Å²) in [4.78, 5) is 38.0. The second-order valence-electron chi connectivity index (χ2n) is 6.21. The molecule has 0 N–H and O–H groups in total. The van der Waals surface area contributed by atoms with Crippen molar-refractivity contribution in [2.75, 3.05) is 5.01 Å². The van der Waals surface area contributed by atoms with Crippen LogP contribution in [0.15, 0.2) is 68.6 Å². The molecule has 0 saturated carbocycles. The highest BCUT2D eigenvalue weighted by Crippen LogP contribution is 2.32. The van der Waals surface area contributed by atoms with Crippen LogP contribution in [0.5, 0.6) is 0 Å². The maximum absolute atomic E-state index is 13.2. The van der Waals surface area contributed by atoms with Crippen molar-refractivity contribution >= 4 is 66.3 Å². The van der Waals surface area contributed by atoms with Gasteiger partial charge in [-0.1, -0.05) is 27.3 Å². The van der Waals surface area contributed by atoms with Crippen molar-refractivity contribution in [1.29, 1.82) is 0 Å². The minimum absolute atomic E-state index is 0.0575. The molecule has 0 unspecified atom stereocenters. The molecule has 13 heteroatoms. The molecule has 0 aliphatic carbocycles. The third-order valence-electron chi connectivity index (χ3n) is 4.13. The first-order valence-electron chi connectivity index (χ1n) is 8.75. The zero-order valence-corrected chi connectivity index (χ0v) is 18.1. The summed E-state index contributed by atoms with van der Waals surface area (Å²) < 4.78 is 6.67. The summed E-state index contributed by atoms with van der Waals surface area (Å²) >= 11 is 4.58. The topological polar surface area (TPSA) is 145 Å². The second-order valence-corrected chi connectivity index (χ2v) is 8.13. The maximum Gasteiger partial charge on any atom is 0.433 e. The first-order valence-corrected chi connectivity index (χ1v) is 10.4. The number of nitro groups is 2. The third kappa shape index (κ3) is 4.38. The fraction of sp³-hybridized carbons (Fsp3) is 0. The van der Waals surface area contributed by atoms with Gasteiger partial charge in [0.25, 0.3) is 11.6 Å². The van der Waals surface area contributed by atoms with Gasteiger partial charge in [0.15, 0.2) is 5.76 Å². The highest BCUT2D eigenvalue weighted by atomic mass is 79.9. The lowest BCUT2D eigenvalue weighted by molar-refractivity contribution is -0.402. The van der Waals surface area contributed by atoms with Crippen LogP contribution in [0, 0.1) is 20.2 Å². The van der Waals surface area contributed by atoms with Crippen molar-refractivity contribution < 1.29 is 19.1 Å². The Labute approximate surface area is 191 Å². The minimum atomic E-state index is -0.692. The molecular formula is C19H10BrN5O6S. The Morgan fingerprint density at radius 2 is 1.84 bits per heavy atom. The highest BCUT2D eigenvalue weighted by Gasteiger charge is 2.22. The van der Waals surface area contributed by atoms with E-state index >= 15 is 0 Å². The van der Waals surface area contributed by atoms with E-state index in [0.717, 1.165) is 20.4 Å². The Kier molecular flexibility index (Phi) is 5.75. The maximum atomic E-state index is 13.2. The molecular weight excluding hydrogens is 506 g/mol. The molecule has 0 spiro atoms. The Hall–Kier alpha value is -3.97.